The number of halogens is 1. The standard InChI is InChI=1S/C24H26FN3O2/c25-20-6-8-21(9-7-20)30-22-11-15-28(16-12-22)17-23(29)26-14-10-19-4-1-3-18-5-2-13-27-24(18)19/h1-9,13,22H,10-12,14-17H2,(H,26,29). The highest BCUT2D eigenvalue weighted by Gasteiger charge is 2.22. The van der Waals surface area contributed by atoms with Gasteiger partial charge >= 0.3 is 0 Å². The average molecular weight is 407 g/mol. The smallest absolute Gasteiger partial charge is 0.234 e. The van der Waals surface area contributed by atoms with Crippen molar-refractivity contribution in [3.8, 4) is 5.75 Å². The maximum atomic E-state index is 13.0. The van der Waals surface area contributed by atoms with Crippen molar-refractivity contribution in [1.29, 1.82) is 0 Å². The van der Waals surface area contributed by atoms with Gasteiger partial charge in [-0.15, -0.1) is 0 Å². The fraction of sp³-hybridized carbons (Fsp3) is 0.333. The first-order valence-electron chi connectivity index (χ1n) is 10.4. The van der Waals surface area contributed by atoms with E-state index in [1.165, 1.54) is 12.1 Å². The summed E-state index contributed by atoms with van der Waals surface area (Å²) >= 11 is 0. The molecule has 0 aliphatic carbocycles. The molecular formula is C24H26FN3O2. The molecule has 1 fully saturated rings. The van der Waals surface area contributed by atoms with E-state index in [0.717, 1.165) is 48.8 Å². The van der Waals surface area contributed by atoms with Gasteiger partial charge in [-0.3, -0.25) is 14.7 Å². The third-order valence-electron chi connectivity index (χ3n) is 5.45. The van der Waals surface area contributed by atoms with Crippen molar-refractivity contribution in [2.45, 2.75) is 25.4 Å². The molecule has 1 aromatic heterocycles. The fourth-order valence-electron chi connectivity index (χ4n) is 3.86. The number of benzene rings is 2. The third-order valence-corrected chi connectivity index (χ3v) is 5.45. The number of nitrogens with zero attached hydrogens (tertiary/aromatic N) is 2. The SMILES string of the molecule is O=C(CN1CCC(Oc2ccc(F)cc2)CC1)NCCc1cccc2cccnc12. The highest BCUT2D eigenvalue weighted by Crippen LogP contribution is 2.19. The molecule has 1 aliphatic heterocycles. The fourth-order valence-corrected chi connectivity index (χ4v) is 3.86. The monoisotopic (exact) mass is 407 g/mol. The first kappa shape index (κ1) is 20.3. The number of hydrogen-bond acceptors (Lipinski definition) is 4. The van der Waals surface area contributed by atoms with E-state index in [-0.39, 0.29) is 17.8 Å². The molecule has 5 nitrogen and oxygen atoms in total. The molecule has 0 saturated carbocycles. The second kappa shape index (κ2) is 9.67. The Morgan fingerprint density at radius 1 is 1.10 bits per heavy atom. The summed E-state index contributed by atoms with van der Waals surface area (Å²) in [5.41, 5.74) is 2.14. The second-order valence-corrected chi connectivity index (χ2v) is 7.64. The summed E-state index contributed by atoms with van der Waals surface area (Å²) in [4.78, 5) is 18.9. The number of para-hydroxylation sites is 1. The number of carbonyl (C=O) groups excluding carboxylic acids is 1. The zero-order valence-corrected chi connectivity index (χ0v) is 16.9. The van der Waals surface area contributed by atoms with Crippen molar-refractivity contribution in [3.63, 3.8) is 0 Å². The molecule has 2 heterocycles. The highest BCUT2D eigenvalue weighted by atomic mass is 19.1. The molecule has 1 saturated heterocycles. The lowest BCUT2D eigenvalue weighted by molar-refractivity contribution is -0.122. The van der Waals surface area contributed by atoms with Crippen LogP contribution in [0, 0.1) is 5.82 Å². The first-order valence-corrected chi connectivity index (χ1v) is 10.4. The van der Waals surface area contributed by atoms with E-state index < -0.39 is 0 Å². The molecule has 156 valence electrons. The molecule has 1 N–H and O–H groups in total. The first-order chi connectivity index (χ1) is 14.7. The summed E-state index contributed by atoms with van der Waals surface area (Å²) in [5, 5.41) is 4.14. The van der Waals surface area contributed by atoms with Gasteiger partial charge in [-0.1, -0.05) is 24.3 Å². The van der Waals surface area contributed by atoms with Crippen molar-refractivity contribution in [2.24, 2.45) is 0 Å². The quantitative estimate of drug-likeness (QED) is 0.651. The molecule has 0 unspecified atom stereocenters. The van der Waals surface area contributed by atoms with Gasteiger partial charge in [-0.05, 0) is 55.2 Å². The van der Waals surface area contributed by atoms with Crippen LogP contribution in [0.3, 0.4) is 0 Å². The van der Waals surface area contributed by atoms with Gasteiger partial charge < -0.3 is 10.1 Å². The molecule has 0 atom stereocenters. The molecule has 30 heavy (non-hydrogen) atoms. The van der Waals surface area contributed by atoms with Crippen molar-refractivity contribution in [2.75, 3.05) is 26.2 Å². The average Bonchev–Trinajstić information content (AvgIpc) is 2.77. The van der Waals surface area contributed by atoms with E-state index in [1.54, 1.807) is 18.3 Å². The van der Waals surface area contributed by atoms with Crippen LogP contribution in [0.5, 0.6) is 5.75 Å². The van der Waals surface area contributed by atoms with Crippen molar-refractivity contribution >= 4 is 16.8 Å². The van der Waals surface area contributed by atoms with E-state index in [1.807, 2.05) is 24.3 Å². The number of aromatic nitrogens is 1. The van der Waals surface area contributed by atoms with E-state index in [9.17, 15) is 9.18 Å². The molecule has 2 aromatic carbocycles. The number of nitrogens with one attached hydrogen (secondary N) is 1. The number of rotatable bonds is 7. The van der Waals surface area contributed by atoms with Gasteiger partial charge in [0.1, 0.15) is 17.7 Å². The van der Waals surface area contributed by atoms with Crippen LogP contribution in [0.15, 0.2) is 60.8 Å². The van der Waals surface area contributed by atoms with E-state index in [4.69, 9.17) is 4.74 Å². The van der Waals surface area contributed by atoms with Crippen molar-refractivity contribution in [3.05, 3.63) is 72.2 Å². The van der Waals surface area contributed by atoms with Crippen LogP contribution in [0.25, 0.3) is 10.9 Å². The van der Waals surface area contributed by atoms with Crippen LogP contribution in [-0.2, 0) is 11.2 Å². The molecule has 0 radical (unpaired) electrons. The van der Waals surface area contributed by atoms with Gasteiger partial charge in [0.2, 0.25) is 5.91 Å². The molecular weight excluding hydrogens is 381 g/mol. The number of amides is 1. The number of pyridine rings is 1. The summed E-state index contributed by atoms with van der Waals surface area (Å²) in [6, 6.07) is 16.2. The van der Waals surface area contributed by atoms with Gasteiger partial charge in [-0.2, -0.15) is 0 Å². The van der Waals surface area contributed by atoms with Gasteiger partial charge in [0, 0.05) is 31.2 Å². The Bertz CT molecular complexity index is 980. The van der Waals surface area contributed by atoms with E-state index in [0.29, 0.717) is 18.8 Å². The molecule has 0 bridgehead atoms. The van der Waals surface area contributed by atoms with Crippen LogP contribution < -0.4 is 10.1 Å². The number of piperidine rings is 1. The number of fused-ring (bicyclic) bond motifs is 1. The highest BCUT2D eigenvalue weighted by molar-refractivity contribution is 5.81. The predicted molar refractivity (Wildman–Crippen MR) is 115 cm³/mol. The zero-order chi connectivity index (χ0) is 20.8. The summed E-state index contributed by atoms with van der Waals surface area (Å²) in [6.45, 7) is 2.62. The number of hydrogen-bond donors (Lipinski definition) is 1. The van der Waals surface area contributed by atoms with Gasteiger partial charge in [0.05, 0.1) is 12.1 Å². The van der Waals surface area contributed by atoms with Crippen LogP contribution in [0.4, 0.5) is 4.39 Å². The summed E-state index contributed by atoms with van der Waals surface area (Å²) in [5.74, 6) is 0.469. The van der Waals surface area contributed by atoms with Gasteiger partial charge in [0.25, 0.3) is 0 Å². The van der Waals surface area contributed by atoms with Gasteiger partial charge in [0.15, 0.2) is 0 Å². The molecule has 4 rings (SSSR count). The molecule has 1 amide bonds. The summed E-state index contributed by atoms with van der Waals surface area (Å²) < 4.78 is 18.9. The summed E-state index contributed by atoms with van der Waals surface area (Å²) in [6.07, 6.45) is 4.37. The number of ether oxygens (including phenoxy) is 1. The van der Waals surface area contributed by atoms with Crippen molar-refractivity contribution in [1.82, 2.24) is 15.2 Å². The topological polar surface area (TPSA) is 54.5 Å². The Hall–Kier alpha value is -2.99. The number of likely N-dealkylation sites (tertiary alicyclic amines) is 1. The Labute approximate surface area is 175 Å². The lowest BCUT2D eigenvalue weighted by Crippen LogP contribution is -2.44. The van der Waals surface area contributed by atoms with Crippen LogP contribution >= 0.6 is 0 Å². The molecule has 3 aromatic rings. The third kappa shape index (κ3) is 5.33. The van der Waals surface area contributed by atoms with E-state index in [2.05, 4.69) is 21.3 Å². The van der Waals surface area contributed by atoms with Crippen LogP contribution in [0.1, 0.15) is 18.4 Å². The zero-order valence-electron chi connectivity index (χ0n) is 16.9. The largest absolute Gasteiger partial charge is 0.490 e. The minimum atomic E-state index is -0.264. The number of carbonyl (C=O) groups is 1. The Kier molecular flexibility index (Phi) is 6.54. The van der Waals surface area contributed by atoms with Crippen LogP contribution in [0.2, 0.25) is 0 Å². The minimum absolute atomic E-state index is 0.0427. The second-order valence-electron chi connectivity index (χ2n) is 7.64. The van der Waals surface area contributed by atoms with E-state index >= 15 is 0 Å². The Morgan fingerprint density at radius 2 is 1.87 bits per heavy atom. The molecule has 0 spiro atoms. The summed E-state index contributed by atoms with van der Waals surface area (Å²) in [7, 11) is 0. The maximum absolute atomic E-state index is 13.0. The predicted octanol–water partition coefficient (Wildman–Crippen LogP) is 3.58. The maximum Gasteiger partial charge on any atom is 0.234 e. The minimum Gasteiger partial charge on any atom is -0.490 e. The molecule has 1 aliphatic rings. The van der Waals surface area contributed by atoms with Crippen molar-refractivity contribution < 1.29 is 13.9 Å². The van der Waals surface area contributed by atoms with Gasteiger partial charge in [-0.25, -0.2) is 4.39 Å². The normalized spacial score (nSPS) is 15.2. The molecule has 6 heteroatoms. The lowest BCUT2D eigenvalue weighted by Gasteiger charge is -2.31. The lowest BCUT2D eigenvalue weighted by atomic mass is 10.1. The van der Waals surface area contributed by atoms with Crippen LogP contribution in [-0.4, -0.2) is 48.1 Å². The Morgan fingerprint density at radius 3 is 2.67 bits per heavy atom. The Balaban J connectivity index is 1.18.